The van der Waals surface area contributed by atoms with Crippen LogP contribution >= 0.6 is 0 Å². The lowest BCUT2D eigenvalue weighted by Crippen LogP contribution is -1.96. The molecule has 0 fully saturated rings. The van der Waals surface area contributed by atoms with Crippen LogP contribution in [0.15, 0.2) is 12.2 Å². The number of hydrogen-bond donors (Lipinski definition) is 0. The minimum Gasteiger partial charge on any atom is -0.469 e. The maximum atomic E-state index is 10.7. The second kappa shape index (κ2) is 10.8. The van der Waals surface area contributed by atoms with Crippen LogP contribution in [0.3, 0.4) is 0 Å². The first kappa shape index (κ1) is 13.8. The molecule has 0 aliphatic carbocycles. The Balaban J connectivity index is 3.39. The summed E-state index contributed by atoms with van der Waals surface area (Å²) in [4.78, 5) is 10.7. The maximum Gasteiger partial charge on any atom is 0.309 e. The number of esters is 1. The fourth-order valence-corrected chi connectivity index (χ4v) is 1.03. The third-order valence-electron chi connectivity index (χ3n) is 1.93. The third kappa shape index (κ3) is 10.7. The van der Waals surface area contributed by atoms with E-state index in [0.717, 1.165) is 12.8 Å². The van der Waals surface area contributed by atoms with Crippen LogP contribution in [0.4, 0.5) is 0 Å². The number of ether oxygens (including phenoxy) is 1. The SMILES string of the molecule is CCCCCC#CC/C=C/CC(=O)OC. The zero-order chi connectivity index (χ0) is 11.4. The zero-order valence-electron chi connectivity index (χ0n) is 9.71. The summed E-state index contributed by atoms with van der Waals surface area (Å²) in [6.07, 6.45) is 9.44. The fourth-order valence-electron chi connectivity index (χ4n) is 1.03. The van der Waals surface area contributed by atoms with Crippen molar-refractivity contribution >= 4 is 5.97 Å². The normalized spacial score (nSPS) is 9.73. The van der Waals surface area contributed by atoms with E-state index in [0.29, 0.717) is 6.42 Å². The van der Waals surface area contributed by atoms with E-state index in [1.807, 2.05) is 6.08 Å². The van der Waals surface area contributed by atoms with Gasteiger partial charge in [-0.25, -0.2) is 0 Å². The first-order chi connectivity index (χ1) is 7.31. The second-order valence-electron chi connectivity index (χ2n) is 3.27. The standard InChI is InChI=1S/C13H20O2/c1-3-4-5-6-7-8-9-10-11-12-13(14)15-2/h10-11H,3-6,9,12H2,1-2H3/b11-10+. The summed E-state index contributed by atoms with van der Waals surface area (Å²) in [5, 5.41) is 0. The number of unbranched alkanes of at least 4 members (excludes halogenated alkanes) is 3. The van der Waals surface area contributed by atoms with Gasteiger partial charge in [0.1, 0.15) is 0 Å². The average molecular weight is 208 g/mol. The predicted octanol–water partition coefficient (Wildman–Crippen LogP) is 3.08. The van der Waals surface area contributed by atoms with Gasteiger partial charge in [0.05, 0.1) is 13.5 Å². The molecule has 0 saturated heterocycles. The lowest BCUT2D eigenvalue weighted by molar-refractivity contribution is -0.139. The summed E-state index contributed by atoms with van der Waals surface area (Å²) in [6, 6.07) is 0. The minimum absolute atomic E-state index is 0.206. The molecule has 0 heterocycles. The van der Waals surface area contributed by atoms with Crippen LogP contribution in [0.25, 0.3) is 0 Å². The van der Waals surface area contributed by atoms with E-state index in [9.17, 15) is 4.79 Å². The summed E-state index contributed by atoms with van der Waals surface area (Å²) >= 11 is 0. The number of carbonyl (C=O) groups is 1. The highest BCUT2D eigenvalue weighted by molar-refractivity contribution is 5.70. The van der Waals surface area contributed by atoms with Crippen molar-refractivity contribution in [3.8, 4) is 11.8 Å². The minimum atomic E-state index is -0.206. The van der Waals surface area contributed by atoms with Crippen LogP contribution in [0.2, 0.25) is 0 Å². The molecule has 0 unspecified atom stereocenters. The molecule has 0 spiro atoms. The summed E-state index contributed by atoms with van der Waals surface area (Å²) in [6.45, 7) is 2.18. The molecule has 2 nitrogen and oxygen atoms in total. The monoisotopic (exact) mass is 208 g/mol. The predicted molar refractivity (Wildman–Crippen MR) is 62.3 cm³/mol. The van der Waals surface area contributed by atoms with Gasteiger partial charge in [-0.3, -0.25) is 4.79 Å². The van der Waals surface area contributed by atoms with Crippen LogP contribution in [0.5, 0.6) is 0 Å². The molecule has 15 heavy (non-hydrogen) atoms. The van der Waals surface area contributed by atoms with Gasteiger partial charge in [-0.1, -0.05) is 37.8 Å². The quantitative estimate of drug-likeness (QED) is 0.290. The van der Waals surface area contributed by atoms with E-state index in [1.165, 1.54) is 26.4 Å². The Morgan fingerprint density at radius 3 is 2.73 bits per heavy atom. The van der Waals surface area contributed by atoms with Gasteiger partial charge in [-0.2, -0.15) is 0 Å². The highest BCUT2D eigenvalue weighted by Crippen LogP contribution is 1.97. The summed E-state index contributed by atoms with van der Waals surface area (Å²) in [7, 11) is 1.39. The molecule has 84 valence electrons. The summed E-state index contributed by atoms with van der Waals surface area (Å²) < 4.78 is 4.50. The Labute approximate surface area is 92.7 Å². The van der Waals surface area contributed by atoms with E-state index in [4.69, 9.17) is 0 Å². The maximum absolute atomic E-state index is 10.7. The van der Waals surface area contributed by atoms with Gasteiger partial charge < -0.3 is 4.74 Å². The number of carbonyl (C=O) groups excluding carboxylic acids is 1. The molecular weight excluding hydrogens is 188 g/mol. The molecule has 0 N–H and O–H groups in total. The van der Waals surface area contributed by atoms with Gasteiger partial charge >= 0.3 is 5.97 Å². The highest BCUT2D eigenvalue weighted by Gasteiger charge is 1.92. The Bertz CT molecular complexity index is 243. The topological polar surface area (TPSA) is 26.3 Å². The van der Waals surface area contributed by atoms with E-state index >= 15 is 0 Å². The molecule has 0 amide bonds. The molecule has 2 heteroatoms. The molecular formula is C13H20O2. The van der Waals surface area contributed by atoms with Crippen molar-refractivity contribution in [3.63, 3.8) is 0 Å². The largest absolute Gasteiger partial charge is 0.469 e. The molecule has 0 aromatic heterocycles. The van der Waals surface area contributed by atoms with Crippen LogP contribution in [-0.4, -0.2) is 13.1 Å². The van der Waals surface area contributed by atoms with Gasteiger partial charge in [-0.15, -0.1) is 5.92 Å². The number of rotatable bonds is 6. The second-order valence-corrected chi connectivity index (χ2v) is 3.27. The molecule has 0 aliphatic heterocycles. The number of hydrogen-bond acceptors (Lipinski definition) is 2. The van der Waals surface area contributed by atoms with Crippen molar-refractivity contribution in [2.24, 2.45) is 0 Å². The van der Waals surface area contributed by atoms with E-state index in [2.05, 4.69) is 23.5 Å². The summed E-state index contributed by atoms with van der Waals surface area (Å²) in [5.41, 5.74) is 0. The first-order valence-electron chi connectivity index (χ1n) is 5.48. The van der Waals surface area contributed by atoms with Crippen LogP contribution < -0.4 is 0 Å². The van der Waals surface area contributed by atoms with E-state index in [1.54, 1.807) is 6.08 Å². The van der Waals surface area contributed by atoms with Gasteiger partial charge in [0, 0.05) is 12.8 Å². The van der Waals surface area contributed by atoms with Crippen molar-refractivity contribution in [3.05, 3.63) is 12.2 Å². The molecule has 0 atom stereocenters. The van der Waals surface area contributed by atoms with Crippen molar-refractivity contribution in [2.45, 2.75) is 45.4 Å². The van der Waals surface area contributed by atoms with Crippen LogP contribution in [0.1, 0.15) is 45.4 Å². The lowest BCUT2D eigenvalue weighted by Gasteiger charge is -1.90. The Morgan fingerprint density at radius 1 is 1.27 bits per heavy atom. The molecule has 0 radical (unpaired) electrons. The Morgan fingerprint density at radius 2 is 2.07 bits per heavy atom. The number of allylic oxidation sites excluding steroid dienone is 1. The van der Waals surface area contributed by atoms with Crippen LogP contribution in [0, 0.1) is 11.8 Å². The molecule has 0 bridgehead atoms. The third-order valence-corrected chi connectivity index (χ3v) is 1.93. The van der Waals surface area contributed by atoms with E-state index < -0.39 is 0 Å². The molecule has 0 rings (SSSR count). The number of methoxy groups -OCH3 is 1. The lowest BCUT2D eigenvalue weighted by atomic mass is 10.2. The summed E-state index contributed by atoms with van der Waals surface area (Å²) in [5.74, 6) is 5.95. The zero-order valence-corrected chi connectivity index (χ0v) is 9.71. The van der Waals surface area contributed by atoms with Crippen molar-refractivity contribution in [2.75, 3.05) is 7.11 Å². The molecule has 0 aromatic rings. The highest BCUT2D eigenvalue weighted by atomic mass is 16.5. The van der Waals surface area contributed by atoms with Crippen molar-refractivity contribution in [1.29, 1.82) is 0 Å². The van der Waals surface area contributed by atoms with Crippen molar-refractivity contribution < 1.29 is 9.53 Å². The van der Waals surface area contributed by atoms with Gasteiger partial charge in [-0.05, 0) is 6.42 Å². The van der Waals surface area contributed by atoms with Crippen molar-refractivity contribution in [1.82, 2.24) is 0 Å². The van der Waals surface area contributed by atoms with Gasteiger partial charge in [0.15, 0.2) is 0 Å². The van der Waals surface area contributed by atoms with E-state index in [-0.39, 0.29) is 5.97 Å². The Hall–Kier alpha value is -1.23. The Kier molecular flexibility index (Phi) is 9.96. The van der Waals surface area contributed by atoms with Gasteiger partial charge in [0.25, 0.3) is 0 Å². The average Bonchev–Trinajstić information content (AvgIpc) is 2.26. The van der Waals surface area contributed by atoms with Gasteiger partial charge in [0.2, 0.25) is 0 Å². The fraction of sp³-hybridized carbons (Fsp3) is 0.615. The van der Waals surface area contributed by atoms with Crippen LogP contribution in [-0.2, 0) is 9.53 Å². The molecule has 0 aromatic carbocycles. The smallest absolute Gasteiger partial charge is 0.309 e. The molecule has 0 saturated carbocycles. The molecule has 0 aliphatic rings. The first-order valence-corrected chi connectivity index (χ1v) is 5.48.